The van der Waals surface area contributed by atoms with Gasteiger partial charge in [0.05, 0.1) is 18.0 Å². The van der Waals surface area contributed by atoms with Gasteiger partial charge in [-0.1, -0.05) is 25.2 Å². The minimum Gasteiger partial charge on any atom is -0.390 e. The second kappa shape index (κ2) is 5.54. The molecule has 0 bridgehead atoms. The van der Waals surface area contributed by atoms with Crippen LogP contribution in [-0.4, -0.2) is 19.7 Å². The zero-order valence-corrected chi connectivity index (χ0v) is 12.7. The SMILES string of the molecule is CC(C)Cc1nn2c(CO)c(-c3ccc(F)cc3)nc2s1. The van der Waals surface area contributed by atoms with Crippen molar-refractivity contribution in [1.82, 2.24) is 14.6 Å². The zero-order chi connectivity index (χ0) is 15.0. The van der Waals surface area contributed by atoms with E-state index in [9.17, 15) is 9.50 Å². The number of hydrogen-bond donors (Lipinski definition) is 1. The van der Waals surface area contributed by atoms with Gasteiger partial charge in [-0.25, -0.2) is 13.9 Å². The highest BCUT2D eigenvalue weighted by atomic mass is 32.1. The van der Waals surface area contributed by atoms with E-state index < -0.39 is 0 Å². The summed E-state index contributed by atoms with van der Waals surface area (Å²) in [7, 11) is 0. The Kier molecular flexibility index (Phi) is 3.73. The lowest BCUT2D eigenvalue weighted by Crippen LogP contribution is -1.99. The highest BCUT2D eigenvalue weighted by molar-refractivity contribution is 7.16. The lowest BCUT2D eigenvalue weighted by Gasteiger charge is -2.01. The Labute approximate surface area is 125 Å². The van der Waals surface area contributed by atoms with Crippen molar-refractivity contribution in [2.24, 2.45) is 5.92 Å². The summed E-state index contributed by atoms with van der Waals surface area (Å²) in [6, 6.07) is 6.11. The highest BCUT2D eigenvalue weighted by Gasteiger charge is 2.17. The van der Waals surface area contributed by atoms with Crippen LogP contribution >= 0.6 is 11.3 Å². The van der Waals surface area contributed by atoms with Gasteiger partial charge >= 0.3 is 0 Å². The van der Waals surface area contributed by atoms with Gasteiger partial charge in [0, 0.05) is 12.0 Å². The summed E-state index contributed by atoms with van der Waals surface area (Å²) in [5, 5.41) is 15.2. The lowest BCUT2D eigenvalue weighted by molar-refractivity contribution is 0.275. The first-order valence-electron chi connectivity index (χ1n) is 6.82. The number of benzene rings is 1. The molecule has 21 heavy (non-hydrogen) atoms. The van der Waals surface area contributed by atoms with Crippen molar-refractivity contribution < 1.29 is 9.50 Å². The predicted octanol–water partition coefficient (Wildman–Crippen LogP) is 3.29. The molecule has 0 fully saturated rings. The summed E-state index contributed by atoms with van der Waals surface area (Å²) in [4.78, 5) is 5.31. The van der Waals surface area contributed by atoms with Crippen molar-refractivity contribution in [2.45, 2.75) is 26.9 Å². The fraction of sp³-hybridized carbons (Fsp3) is 0.333. The van der Waals surface area contributed by atoms with Crippen molar-refractivity contribution in [3.63, 3.8) is 0 Å². The number of aromatic nitrogens is 3. The van der Waals surface area contributed by atoms with E-state index in [-0.39, 0.29) is 12.4 Å². The van der Waals surface area contributed by atoms with Crippen molar-refractivity contribution >= 4 is 16.3 Å². The van der Waals surface area contributed by atoms with Crippen molar-refractivity contribution in [3.8, 4) is 11.3 Å². The lowest BCUT2D eigenvalue weighted by atomic mass is 10.1. The van der Waals surface area contributed by atoms with Crippen molar-refractivity contribution in [2.75, 3.05) is 0 Å². The molecule has 2 heterocycles. The number of halogens is 1. The van der Waals surface area contributed by atoms with E-state index in [1.165, 1.54) is 23.5 Å². The quantitative estimate of drug-likeness (QED) is 0.804. The van der Waals surface area contributed by atoms with Gasteiger partial charge in [0.15, 0.2) is 0 Å². The van der Waals surface area contributed by atoms with Gasteiger partial charge in [-0.15, -0.1) is 0 Å². The van der Waals surface area contributed by atoms with E-state index in [1.54, 1.807) is 16.6 Å². The van der Waals surface area contributed by atoms with Crippen LogP contribution in [-0.2, 0) is 13.0 Å². The fourth-order valence-corrected chi connectivity index (χ4v) is 3.37. The van der Waals surface area contributed by atoms with Gasteiger partial charge in [0.25, 0.3) is 0 Å². The summed E-state index contributed by atoms with van der Waals surface area (Å²) in [5.74, 6) is 0.234. The minimum absolute atomic E-state index is 0.154. The smallest absolute Gasteiger partial charge is 0.213 e. The van der Waals surface area contributed by atoms with E-state index in [0.717, 1.165) is 22.0 Å². The normalized spacial score (nSPS) is 11.7. The van der Waals surface area contributed by atoms with E-state index >= 15 is 0 Å². The van der Waals surface area contributed by atoms with Crippen LogP contribution in [0.1, 0.15) is 24.5 Å². The Morgan fingerprint density at radius 1 is 1.29 bits per heavy atom. The van der Waals surface area contributed by atoms with Crippen LogP contribution in [0.25, 0.3) is 16.2 Å². The predicted molar refractivity (Wildman–Crippen MR) is 80.7 cm³/mol. The summed E-state index contributed by atoms with van der Waals surface area (Å²) in [6.07, 6.45) is 0.894. The van der Waals surface area contributed by atoms with Gasteiger partial charge in [-0.05, 0) is 30.2 Å². The molecule has 0 spiro atoms. The standard InChI is InChI=1S/C15H16FN3OS/c1-9(2)7-13-18-19-12(8-20)14(17-15(19)21-13)10-3-5-11(16)6-4-10/h3-6,9,20H,7-8H2,1-2H3. The van der Waals surface area contributed by atoms with Crippen LogP contribution < -0.4 is 0 Å². The molecule has 0 radical (unpaired) electrons. The number of hydrogen-bond acceptors (Lipinski definition) is 4. The first-order valence-corrected chi connectivity index (χ1v) is 7.64. The summed E-state index contributed by atoms with van der Waals surface area (Å²) in [5.41, 5.74) is 2.08. The molecule has 1 N–H and O–H groups in total. The number of rotatable bonds is 4. The van der Waals surface area contributed by atoms with Gasteiger partial charge in [0.2, 0.25) is 4.96 Å². The molecule has 3 rings (SSSR count). The van der Waals surface area contributed by atoms with E-state index in [0.29, 0.717) is 17.3 Å². The molecule has 0 unspecified atom stereocenters. The Morgan fingerprint density at radius 3 is 2.62 bits per heavy atom. The van der Waals surface area contributed by atoms with E-state index in [4.69, 9.17) is 0 Å². The molecule has 1 aromatic carbocycles. The Morgan fingerprint density at radius 2 is 2.00 bits per heavy atom. The molecule has 0 saturated heterocycles. The number of fused-ring (bicyclic) bond motifs is 1. The van der Waals surface area contributed by atoms with Gasteiger partial charge in [-0.2, -0.15) is 5.10 Å². The third kappa shape index (κ3) is 2.69. The molecule has 0 atom stereocenters. The maximum absolute atomic E-state index is 13.0. The van der Waals surface area contributed by atoms with Gasteiger partial charge in [0.1, 0.15) is 10.8 Å². The molecule has 0 amide bonds. The summed E-state index contributed by atoms with van der Waals surface area (Å²) in [6.45, 7) is 4.13. The molecule has 2 aromatic heterocycles. The average Bonchev–Trinajstić information content (AvgIpc) is 2.95. The molecule has 0 aliphatic heterocycles. The number of imidazole rings is 1. The molecule has 4 nitrogen and oxygen atoms in total. The molecule has 110 valence electrons. The van der Waals surface area contributed by atoms with Gasteiger partial charge < -0.3 is 5.11 Å². The zero-order valence-electron chi connectivity index (χ0n) is 11.9. The van der Waals surface area contributed by atoms with Crippen LogP contribution in [0.3, 0.4) is 0 Å². The molecule has 3 aromatic rings. The second-order valence-corrected chi connectivity index (χ2v) is 6.40. The topological polar surface area (TPSA) is 50.4 Å². The van der Waals surface area contributed by atoms with Crippen LogP contribution in [0, 0.1) is 11.7 Å². The summed E-state index contributed by atoms with van der Waals surface area (Å²) >= 11 is 1.53. The van der Waals surface area contributed by atoms with Crippen molar-refractivity contribution in [3.05, 3.63) is 40.8 Å². The molecular weight excluding hydrogens is 289 g/mol. The average molecular weight is 305 g/mol. The maximum Gasteiger partial charge on any atom is 0.213 e. The van der Waals surface area contributed by atoms with Crippen LogP contribution in [0.2, 0.25) is 0 Å². The summed E-state index contributed by atoms with van der Waals surface area (Å²) < 4.78 is 14.7. The first-order chi connectivity index (χ1) is 10.1. The molecule has 0 saturated carbocycles. The minimum atomic E-state index is -0.289. The van der Waals surface area contributed by atoms with E-state index in [1.807, 2.05) is 0 Å². The Hall–Kier alpha value is -1.79. The third-order valence-electron chi connectivity index (χ3n) is 3.19. The molecule has 0 aliphatic rings. The van der Waals surface area contributed by atoms with Crippen LogP contribution in [0.15, 0.2) is 24.3 Å². The number of nitrogens with zero attached hydrogens (tertiary/aromatic N) is 3. The highest BCUT2D eigenvalue weighted by Crippen LogP contribution is 2.28. The maximum atomic E-state index is 13.0. The monoisotopic (exact) mass is 305 g/mol. The Balaban J connectivity index is 2.07. The largest absolute Gasteiger partial charge is 0.390 e. The number of aliphatic hydroxyl groups is 1. The molecule has 6 heteroatoms. The third-order valence-corrected chi connectivity index (χ3v) is 4.12. The fourth-order valence-electron chi connectivity index (χ4n) is 2.24. The number of aliphatic hydroxyl groups excluding tert-OH is 1. The van der Waals surface area contributed by atoms with Crippen LogP contribution in [0.5, 0.6) is 0 Å². The first kappa shape index (κ1) is 14.2. The second-order valence-electron chi connectivity index (χ2n) is 5.36. The van der Waals surface area contributed by atoms with E-state index in [2.05, 4.69) is 23.9 Å². The molecule has 0 aliphatic carbocycles. The van der Waals surface area contributed by atoms with Crippen LogP contribution in [0.4, 0.5) is 4.39 Å². The van der Waals surface area contributed by atoms with Gasteiger partial charge in [-0.3, -0.25) is 0 Å². The molecular formula is C15H16FN3OS. The Bertz CT molecular complexity index is 761. The van der Waals surface area contributed by atoms with Crippen molar-refractivity contribution in [1.29, 1.82) is 0 Å².